The Morgan fingerprint density at radius 3 is 2.69 bits per heavy atom. The number of rotatable bonds is 1. The summed E-state index contributed by atoms with van der Waals surface area (Å²) in [6.45, 7) is 17.4. The van der Waals surface area contributed by atoms with Crippen molar-refractivity contribution in [3.8, 4) is 0 Å². The first-order chi connectivity index (χ1) is 12.3. The Kier molecular flexibility index (Phi) is 4.54. The zero-order chi connectivity index (χ0) is 18.7. The van der Waals surface area contributed by atoms with E-state index in [1.165, 1.54) is 44.1 Å². The van der Waals surface area contributed by atoms with Crippen LogP contribution in [0.4, 0.5) is 0 Å². The summed E-state index contributed by atoms with van der Waals surface area (Å²) in [5.74, 6) is 4.37. The third-order valence-corrected chi connectivity index (χ3v) is 9.63. The quantitative estimate of drug-likeness (QED) is 0.567. The van der Waals surface area contributed by atoms with Crippen molar-refractivity contribution in [2.45, 2.75) is 79.1 Å². The zero-order valence-corrected chi connectivity index (χ0v) is 17.2. The van der Waals surface area contributed by atoms with Crippen LogP contribution >= 0.6 is 0 Å². The van der Waals surface area contributed by atoms with Crippen LogP contribution < -0.4 is 0 Å². The summed E-state index contributed by atoms with van der Waals surface area (Å²) in [5.41, 5.74) is 2.97. The lowest BCUT2D eigenvalue weighted by Crippen LogP contribution is -2.56. The van der Waals surface area contributed by atoms with Crippen molar-refractivity contribution in [2.24, 2.45) is 46.3 Å². The molecule has 0 bridgehead atoms. The van der Waals surface area contributed by atoms with Crippen molar-refractivity contribution < 1.29 is 5.11 Å². The van der Waals surface area contributed by atoms with Gasteiger partial charge >= 0.3 is 0 Å². The number of nitrogens with zero attached hydrogens (tertiary/aromatic N) is 1. The molecule has 2 nitrogen and oxygen atoms in total. The summed E-state index contributed by atoms with van der Waals surface area (Å²) < 4.78 is 0. The van der Waals surface area contributed by atoms with Crippen LogP contribution in [0.25, 0.3) is 4.85 Å². The van der Waals surface area contributed by atoms with Crippen LogP contribution in [0.15, 0.2) is 11.3 Å². The number of hydrogen-bond acceptors (Lipinski definition) is 1. The van der Waals surface area contributed by atoms with E-state index in [9.17, 15) is 5.11 Å². The molecule has 0 aromatic rings. The van der Waals surface area contributed by atoms with Crippen LogP contribution in [0, 0.1) is 52.9 Å². The third kappa shape index (κ3) is 2.46. The molecule has 144 valence electrons. The van der Waals surface area contributed by atoms with Crippen LogP contribution in [0.5, 0.6) is 0 Å². The molecule has 4 aliphatic rings. The highest BCUT2D eigenvalue weighted by molar-refractivity contribution is 5.31. The second-order valence-corrected chi connectivity index (χ2v) is 10.7. The van der Waals surface area contributed by atoms with Crippen LogP contribution in [-0.4, -0.2) is 11.7 Å². The molecule has 0 saturated heterocycles. The number of allylic oxidation sites excluding steroid dienone is 2. The Labute approximate surface area is 160 Å². The molecular weight excluding hydrogens is 318 g/mol. The van der Waals surface area contributed by atoms with Gasteiger partial charge in [0.05, 0.1) is 6.57 Å². The summed E-state index contributed by atoms with van der Waals surface area (Å²) in [5, 5.41) is 10.4. The van der Waals surface area contributed by atoms with E-state index >= 15 is 0 Å². The van der Waals surface area contributed by atoms with Crippen molar-refractivity contribution in [3.05, 3.63) is 22.7 Å². The topological polar surface area (TPSA) is 24.6 Å². The Balaban J connectivity index is 1.73. The van der Waals surface area contributed by atoms with E-state index in [1.54, 1.807) is 0 Å². The van der Waals surface area contributed by atoms with Gasteiger partial charge in [-0.25, -0.2) is 4.85 Å². The number of hydrogen-bond donors (Lipinski definition) is 1. The Bertz CT molecular complexity index is 645. The van der Waals surface area contributed by atoms with Crippen LogP contribution in [-0.2, 0) is 0 Å². The predicted octanol–water partition coefficient (Wildman–Crippen LogP) is 6.08. The summed E-state index contributed by atoms with van der Waals surface area (Å²) in [7, 11) is 0. The fourth-order valence-electron chi connectivity index (χ4n) is 8.52. The highest BCUT2D eigenvalue weighted by atomic mass is 16.3. The molecular formula is C24H37NO. The average Bonchev–Trinajstić information content (AvgIpc) is 2.97. The molecule has 8 atom stereocenters. The maximum atomic E-state index is 10.4. The second-order valence-electron chi connectivity index (χ2n) is 10.7. The maximum Gasteiger partial charge on any atom is 0.162 e. The van der Waals surface area contributed by atoms with Crippen molar-refractivity contribution in [1.29, 1.82) is 0 Å². The van der Waals surface area contributed by atoms with Gasteiger partial charge in [0.1, 0.15) is 0 Å². The fraction of sp³-hybridized carbons (Fsp3) is 0.875. The van der Waals surface area contributed by atoms with E-state index in [2.05, 4.69) is 25.6 Å². The first-order valence-corrected chi connectivity index (χ1v) is 11.0. The first kappa shape index (κ1) is 18.5. The molecule has 4 fully saturated rings. The molecule has 4 saturated carbocycles. The summed E-state index contributed by atoms with van der Waals surface area (Å²) in [4.78, 5) is 3.82. The van der Waals surface area contributed by atoms with Gasteiger partial charge in [0.25, 0.3) is 0 Å². The third-order valence-electron chi connectivity index (χ3n) is 9.63. The van der Waals surface area contributed by atoms with Crippen molar-refractivity contribution in [1.82, 2.24) is 0 Å². The maximum absolute atomic E-state index is 10.4. The lowest BCUT2D eigenvalue weighted by Gasteiger charge is -2.63. The van der Waals surface area contributed by atoms with E-state index in [4.69, 9.17) is 6.57 Å². The van der Waals surface area contributed by atoms with Crippen molar-refractivity contribution in [2.75, 3.05) is 6.61 Å². The average molecular weight is 356 g/mol. The highest BCUT2D eigenvalue weighted by Crippen LogP contribution is 2.69. The molecule has 0 aliphatic heterocycles. The lowest BCUT2D eigenvalue weighted by atomic mass is 9.42. The molecule has 0 radical (unpaired) electrons. The van der Waals surface area contributed by atoms with Crippen molar-refractivity contribution in [3.63, 3.8) is 0 Å². The number of aliphatic hydroxyl groups is 1. The van der Waals surface area contributed by atoms with E-state index in [0.29, 0.717) is 23.9 Å². The standard InChI is InChI=1S/C24H37NO/c1-15-10-11-23(3)18(12-15)6-7-19-21-9-8-20(16(2)25-5)24(21,4)13-17(14-26)22(19)23/h15,17-19,21-22,26H,6-14H2,1-4H3/b20-16-/t15-,17+,18+,19-,21-,22-,23-,24+/m0/s1. The van der Waals surface area contributed by atoms with Gasteiger partial charge < -0.3 is 5.11 Å². The largest absolute Gasteiger partial charge is 0.396 e. The Morgan fingerprint density at radius 1 is 1.23 bits per heavy atom. The van der Waals surface area contributed by atoms with Crippen LogP contribution in [0.2, 0.25) is 0 Å². The summed E-state index contributed by atoms with van der Waals surface area (Å²) in [6.07, 6.45) is 10.4. The smallest absolute Gasteiger partial charge is 0.162 e. The van der Waals surface area contributed by atoms with E-state index < -0.39 is 0 Å². The first-order valence-electron chi connectivity index (χ1n) is 11.0. The molecule has 1 N–H and O–H groups in total. The molecule has 0 aromatic heterocycles. The number of fused-ring (bicyclic) bond motifs is 5. The van der Waals surface area contributed by atoms with Gasteiger partial charge in [0.2, 0.25) is 0 Å². The fourth-order valence-corrected chi connectivity index (χ4v) is 8.52. The minimum absolute atomic E-state index is 0.161. The second kappa shape index (κ2) is 6.37. The number of aliphatic hydroxyl groups excluding tert-OH is 1. The van der Waals surface area contributed by atoms with Gasteiger partial charge in [0, 0.05) is 6.61 Å². The van der Waals surface area contributed by atoms with Gasteiger partial charge in [-0.1, -0.05) is 32.8 Å². The van der Waals surface area contributed by atoms with Crippen LogP contribution in [0.3, 0.4) is 0 Å². The van der Waals surface area contributed by atoms with E-state index in [-0.39, 0.29) is 5.41 Å². The molecule has 0 spiro atoms. The molecule has 26 heavy (non-hydrogen) atoms. The SMILES string of the molecule is [C-]#[N+]/C(C)=C1/CC[C@H]2[C@@H]3CC[C@@H]4C[C@@H](C)CC[C@]4(C)[C@H]3[C@@H](CO)C[C@]12C. The van der Waals surface area contributed by atoms with E-state index in [1.807, 2.05) is 6.92 Å². The lowest BCUT2D eigenvalue weighted by molar-refractivity contribution is -0.143. The minimum Gasteiger partial charge on any atom is -0.396 e. The van der Waals surface area contributed by atoms with Crippen LogP contribution in [0.1, 0.15) is 79.1 Å². The molecule has 0 amide bonds. The molecule has 0 unspecified atom stereocenters. The molecule has 4 aliphatic carbocycles. The zero-order valence-electron chi connectivity index (χ0n) is 17.2. The Morgan fingerprint density at radius 2 is 2.00 bits per heavy atom. The van der Waals surface area contributed by atoms with Gasteiger partial charge in [-0.2, -0.15) is 0 Å². The minimum atomic E-state index is 0.161. The monoisotopic (exact) mass is 355 g/mol. The highest BCUT2D eigenvalue weighted by Gasteiger charge is 2.61. The van der Waals surface area contributed by atoms with Gasteiger partial charge in [-0.3, -0.25) is 0 Å². The van der Waals surface area contributed by atoms with E-state index in [0.717, 1.165) is 42.2 Å². The predicted molar refractivity (Wildman–Crippen MR) is 106 cm³/mol. The summed E-state index contributed by atoms with van der Waals surface area (Å²) >= 11 is 0. The molecule has 0 heterocycles. The molecule has 2 heteroatoms. The van der Waals surface area contributed by atoms with Gasteiger partial charge in [0.15, 0.2) is 5.70 Å². The summed E-state index contributed by atoms with van der Waals surface area (Å²) in [6, 6.07) is 0. The Hall–Kier alpha value is -0.810. The van der Waals surface area contributed by atoms with Gasteiger partial charge in [-0.15, -0.1) is 0 Å². The normalized spacial score (nSPS) is 52.5. The van der Waals surface area contributed by atoms with Gasteiger partial charge in [-0.05, 0) is 98.2 Å². The molecule has 0 aromatic carbocycles. The molecule has 4 rings (SSSR count). The van der Waals surface area contributed by atoms with Crippen molar-refractivity contribution >= 4 is 0 Å².